The van der Waals surface area contributed by atoms with Crippen molar-refractivity contribution in [1.29, 1.82) is 0 Å². The van der Waals surface area contributed by atoms with Crippen molar-refractivity contribution in [2.24, 2.45) is 0 Å². The zero-order valence-corrected chi connectivity index (χ0v) is 21.3. The summed E-state index contributed by atoms with van der Waals surface area (Å²) in [5, 5.41) is 10.5. The summed E-state index contributed by atoms with van der Waals surface area (Å²) in [6, 6.07) is 15.3. The van der Waals surface area contributed by atoms with E-state index >= 15 is 0 Å². The lowest BCUT2D eigenvalue weighted by Crippen LogP contribution is -2.14. The topological polar surface area (TPSA) is 143 Å². The highest BCUT2D eigenvalue weighted by atomic mass is 16.1. The Balaban J connectivity index is 1.21. The number of aryl methyl sites for hydroxylation is 1. The van der Waals surface area contributed by atoms with Crippen LogP contribution in [0.3, 0.4) is 0 Å². The molecular weight excluding hydrogens is 504 g/mol. The fourth-order valence-corrected chi connectivity index (χ4v) is 4.63. The molecule has 11 nitrogen and oxygen atoms in total. The minimum absolute atomic E-state index is 0.115. The van der Waals surface area contributed by atoms with E-state index in [0.717, 1.165) is 39.1 Å². The van der Waals surface area contributed by atoms with Gasteiger partial charge in [0.2, 0.25) is 5.91 Å². The standard InChI is InChI=1S/C29H22N10O/c1-17-15-39(16-32-17)24-14-31-13-23-26(24)36-29(35-23)28-27-22(37-38-28)8-7-21(34-27)19-10-20(12-30-11-19)33-25(40)9-18-5-3-2-4-6-18/h2-8,10-16H,9H2,1H3,(H,33,40)(H,35,36)(H,37,38). The van der Waals surface area contributed by atoms with E-state index in [9.17, 15) is 4.79 Å². The third-order valence-corrected chi connectivity index (χ3v) is 6.52. The fourth-order valence-electron chi connectivity index (χ4n) is 4.63. The predicted molar refractivity (Wildman–Crippen MR) is 151 cm³/mol. The molecule has 0 saturated heterocycles. The summed E-state index contributed by atoms with van der Waals surface area (Å²) in [7, 11) is 0. The number of hydrogen-bond donors (Lipinski definition) is 3. The van der Waals surface area contributed by atoms with Crippen LogP contribution in [0.25, 0.3) is 50.5 Å². The highest BCUT2D eigenvalue weighted by molar-refractivity contribution is 5.94. The molecule has 40 heavy (non-hydrogen) atoms. The number of carbonyl (C=O) groups excluding carboxylic acids is 1. The van der Waals surface area contributed by atoms with Crippen LogP contribution in [-0.2, 0) is 11.2 Å². The molecule has 11 heteroatoms. The number of rotatable bonds is 6. The van der Waals surface area contributed by atoms with Gasteiger partial charge in [-0.2, -0.15) is 5.10 Å². The lowest BCUT2D eigenvalue weighted by molar-refractivity contribution is -0.115. The molecule has 0 spiro atoms. The Hall–Kier alpha value is -5.71. The van der Waals surface area contributed by atoms with Crippen LogP contribution in [0.1, 0.15) is 11.3 Å². The summed E-state index contributed by atoms with van der Waals surface area (Å²) >= 11 is 0. The van der Waals surface area contributed by atoms with Gasteiger partial charge in [-0.15, -0.1) is 0 Å². The Labute approximate surface area is 227 Å². The monoisotopic (exact) mass is 526 g/mol. The van der Waals surface area contributed by atoms with Gasteiger partial charge in [0, 0.05) is 18.0 Å². The maximum absolute atomic E-state index is 12.6. The molecule has 0 radical (unpaired) electrons. The lowest BCUT2D eigenvalue weighted by atomic mass is 10.1. The van der Waals surface area contributed by atoms with Crippen molar-refractivity contribution >= 4 is 33.7 Å². The van der Waals surface area contributed by atoms with E-state index in [4.69, 9.17) is 9.97 Å². The van der Waals surface area contributed by atoms with Crippen LogP contribution in [0.5, 0.6) is 0 Å². The number of amides is 1. The number of fused-ring (bicyclic) bond motifs is 2. The number of carbonyl (C=O) groups is 1. The van der Waals surface area contributed by atoms with Gasteiger partial charge >= 0.3 is 0 Å². The van der Waals surface area contributed by atoms with Gasteiger partial charge in [-0.1, -0.05) is 30.3 Å². The van der Waals surface area contributed by atoms with Gasteiger partial charge in [0.1, 0.15) is 11.0 Å². The van der Waals surface area contributed by atoms with E-state index in [2.05, 4.69) is 35.5 Å². The predicted octanol–water partition coefficient (Wildman–Crippen LogP) is 4.63. The highest BCUT2D eigenvalue weighted by Crippen LogP contribution is 2.29. The second-order valence-electron chi connectivity index (χ2n) is 9.40. The van der Waals surface area contributed by atoms with Crippen molar-refractivity contribution in [2.45, 2.75) is 13.3 Å². The average molecular weight is 527 g/mol. The largest absolute Gasteiger partial charge is 0.335 e. The van der Waals surface area contributed by atoms with Crippen LogP contribution in [0.15, 0.2) is 85.8 Å². The van der Waals surface area contributed by atoms with E-state index in [1.807, 2.05) is 66.2 Å². The second-order valence-corrected chi connectivity index (χ2v) is 9.40. The van der Waals surface area contributed by atoms with Crippen molar-refractivity contribution in [3.05, 3.63) is 97.1 Å². The number of pyridine rings is 3. The molecule has 0 atom stereocenters. The van der Waals surface area contributed by atoms with Crippen LogP contribution in [0.4, 0.5) is 5.69 Å². The minimum Gasteiger partial charge on any atom is -0.335 e. The van der Waals surface area contributed by atoms with Crippen LogP contribution >= 0.6 is 0 Å². The maximum Gasteiger partial charge on any atom is 0.228 e. The number of aromatic amines is 2. The van der Waals surface area contributed by atoms with Gasteiger partial charge in [-0.25, -0.2) is 15.0 Å². The molecule has 0 saturated carbocycles. The molecule has 0 bridgehead atoms. The minimum atomic E-state index is -0.115. The molecule has 1 amide bonds. The Kier molecular flexibility index (Phi) is 5.59. The zero-order chi connectivity index (χ0) is 27.1. The first-order valence-corrected chi connectivity index (χ1v) is 12.6. The molecule has 1 aromatic carbocycles. The van der Waals surface area contributed by atoms with Crippen LogP contribution < -0.4 is 5.32 Å². The smallest absolute Gasteiger partial charge is 0.228 e. The van der Waals surface area contributed by atoms with Crippen LogP contribution in [-0.4, -0.2) is 50.6 Å². The second kappa shape index (κ2) is 9.55. The van der Waals surface area contributed by atoms with Gasteiger partial charge in [-0.3, -0.25) is 19.9 Å². The summed E-state index contributed by atoms with van der Waals surface area (Å²) in [5.41, 5.74) is 8.23. The number of benzene rings is 1. The van der Waals surface area contributed by atoms with E-state index < -0.39 is 0 Å². The quantitative estimate of drug-likeness (QED) is 0.287. The number of nitrogens with zero attached hydrogens (tertiary/aromatic N) is 7. The maximum atomic E-state index is 12.6. The van der Waals surface area contributed by atoms with Gasteiger partial charge in [0.05, 0.1) is 65.1 Å². The number of H-pyrrole nitrogens is 2. The lowest BCUT2D eigenvalue weighted by Gasteiger charge is -2.07. The van der Waals surface area contributed by atoms with E-state index in [1.165, 1.54) is 0 Å². The van der Waals surface area contributed by atoms with Gasteiger partial charge in [0.15, 0.2) is 11.5 Å². The van der Waals surface area contributed by atoms with Gasteiger partial charge in [0.25, 0.3) is 0 Å². The molecule has 0 aliphatic rings. The average Bonchev–Trinajstić information content (AvgIpc) is 3.71. The van der Waals surface area contributed by atoms with Crippen molar-refractivity contribution in [3.8, 4) is 28.5 Å². The SMILES string of the molecule is Cc1cn(-c2cncc3[nH]c(-c4n[nH]c5ccc(-c6cncc(NC(=O)Cc7ccccc7)c6)nc45)nc23)cn1. The normalized spacial score (nSPS) is 11.3. The molecule has 6 aromatic heterocycles. The van der Waals surface area contributed by atoms with Gasteiger partial charge < -0.3 is 14.9 Å². The summed E-state index contributed by atoms with van der Waals surface area (Å²) in [5.74, 6) is 0.451. The third-order valence-electron chi connectivity index (χ3n) is 6.52. The Bertz CT molecular complexity index is 2000. The summed E-state index contributed by atoms with van der Waals surface area (Å²) < 4.78 is 1.90. The van der Waals surface area contributed by atoms with Crippen molar-refractivity contribution < 1.29 is 4.79 Å². The molecule has 0 fully saturated rings. The van der Waals surface area contributed by atoms with Crippen molar-refractivity contribution in [2.75, 3.05) is 5.32 Å². The van der Waals surface area contributed by atoms with Crippen LogP contribution in [0.2, 0.25) is 0 Å². The molecule has 194 valence electrons. The highest BCUT2D eigenvalue weighted by Gasteiger charge is 2.17. The van der Waals surface area contributed by atoms with E-state index in [-0.39, 0.29) is 12.3 Å². The van der Waals surface area contributed by atoms with Crippen molar-refractivity contribution in [3.63, 3.8) is 0 Å². The molecule has 0 unspecified atom stereocenters. The van der Waals surface area contributed by atoms with Crippen molar-refractivity contribution in [1.82, 2.24) is 44.7 Å². The zero-order valence-electron chi connectivity index (χ0n) is 21.3. The van der Waals surface area contributed by atoms with Crippen LogP contribution in [0, 0.1) is 6.92 Å². The first-order chi connectivity index (χ1) is 19.6. The summed E-state index contributed by atoms with van der Waals surface area (Å²) in [6.45, 7) is 1.93. The molecular formula is C29H22N10O. The first kappa shape index (κ1) is 23.4. The first-order valence-electron chi connectivity index (χ1n) is 12.6. The summed E-state index contributed by atoms with van der Waals surface area (Å²) in [4.78, 5) is 38.6. The molecule has 3 N–H and O–H groups in total. The van der Waals surface area contributed by atoms with Gasteiger partial charge in [-0.05, 0) is 30.7 Å². The number of imidazole rings is 2. The number of anilines is 1. The Morgan fingerprint density at radius 3 is 2.67 bits per heavy atom. The number of hydrogen-bond acceptors (Lipinski definition) is 7. The fraction of sp³-hybridized carbons (Fsp3) is 0.0690. The van der Waals surface area contributed by atoms with E-state index in [0.29, 0.717) is 28.4 Å². The molecule has 0 aliphatic heterocycles. The molecule has 6 heterocycles. The summed E-state index contributed by atoms with van der Waals surface area (Å²) in [6.07, 6.45) is 10.8. The number of nitrogens with one attached hydrogen (secondary N) is 3. The molecule has 7 rings (SSSR count). The Morgan fingerprint density at radius 2 is 1.82 bits per heavy atom. The molecule has 0 aliphatic carbocycles. The third kappa shape index (κ3) is 4.35. The molecule has 7 aromatic rings. The number of aromatic nitrogens is 9. The van der Waals surface area contributed by atoms with E-state index in [1.54, 1.807) is 31.1 Å². The Morgan fingerprint density at radius 1 is 0.950 bits per heavy atom.